The standard InChI is InChI=1S/C13H19NO3/c1-16-9-3-4-10(12(5-9)17-2)11-6-13(11,7-14)8-15/h3-5,11,15H,6-8,14H2,1-2H3/t11-,13-/m1/s1. The van der Waals surface area contributed by atoms with Gasteiger partial charge in [0.25, 0.3) is 0 Å². The van der Waals surface area contributed by atoms with Crippen molar-refractivity contribution >= 4 is 0 Å². The number of aliphatic hydroxyl groups excluding tert-OH is 1. The fraction of sp³-hybridized carbons (Fsp3) is 0.538. The summed E-state index contributed by atoms with van der Waals surface area (Å²) in [5, 5.41) is 9.41. The quantitative estimate of drug-likeness (QED) is 0.805. The van der Waals surface area contributed by atoms with Gasteiger partial charge in [-0.15, -0.1) is 0 Å². The minimum Gasteiger partial charge on any atom is -0.497 e. The van der Waals surface area contributed by atoms with Crippen molar-refractivity contribution in [2.24, 2.45) is 11.1 Å². The van der Waals surface area contributed by atoms with E-state index in [1.807, 2.05) is 18.2 Å². The molecule has 3 N–H and O–H groups in total. The summed E-state index contributed by atoms with van der Waals surface area (Å²) < 4.78 is 10.5. The first-order valence-corrected chi connectivity index (χ1v) is 5.73. The van der Waals surface area contributed by atoms with Crippen LogP contribution in [0.5, 0.6) is 11.5 Å². The molecule has 94 valence electrons. The average Bonchev–Trinajstić information content (AvgIpc) is 3.13. The average molecular weight is 237 g/mol. The summed E-state index contributed by atoms with van der Waals surface area (Å²) in [4.78, 5) is 0. The second-order valence-corrected chi connectivity index (χ2v) is 4.59. The van der Waals surface area contributed by atoms with Crippen molar-refractivity contribution in [3.05, 3.63) is 23.8 Å². The predicted octanol–water partition coefficient (Wildman–Crippen LogP) is 1.13. The molecule has 0 amide bonds. The SMILES string of the molecule is COc1ccc([C@H]2C[C@@]2(CN)CO)c(OC)c1. The van der Waals surface area contributed by atoms with Gasteiger partial charge in [0.05, 0.1) is 20.8 Å². The lowest BCUT2D eigenvalue weighted by molar-refractivity contribution is 0.211. The van der Waals surface area contributed by atoms with Crippen molar-refractivity contribution in [3.8, 4) is 11.5 Å². The van der Waals surface area contributed by atoms with Crippen LogP contribution in [0.1, 0.15) is 17.9 Å². The molecular formula is C13H19NO3. The Morgan fingerprint density at radius 1 is 1.41 bits per heavy atom. The van der Waals surface area contributed by atoms with E-state index >= 15 is 0 Å². The summed E-state index contributed by atoms with van der Waals surface area (Å²) in [6, 6.07) is 5.77. The van der Waals surface area contributed by atoms with Gasteiger partial charge in [-0.05, 0) is 24.0 Å². The molecule has 1 aliphatic carbocycles. The number of ether oxygens (including phenoxy) is 2. The summed E-state index contributed by atoms with van der Waals surface area (Å²) in [6.45, 7) is 0.632. The number of methoxy groups -OCH3 is 2. The van der Waals surface area contributed by atoms with E-state index in [2.05, 4.69) is 0 Å². The molecular weight excluding hydrogens is 218 g/mol. The topological polar surface area (TPSA) is 64.7 Å². The van der Waals surface area contributed by atoms with Gasteiger partial charge in [-0.3, -0.25) is 0 Å². The Balaban J connectivity index is 2.28. The fourth-order valence-corrected chi connectivity index (χ4v) is 2.36. The van der Waals surface area contributed by atoms with Crippen LogP contribution in [0.15, 0.2) is 18.2 Å². The van der Waals surface area contributed by atoms with Crippen molar-refractivity contribution in [1.29, 1.82) is 0 Å². The van der Waals surface area contributed by atoms with Crippen molar-refractivity contribution in [1.82, 2.24) is 0 Å². The third-order valence-corrected chi connectivity index (χ3v) is 3.73. The first-order chi connectivity index (χ1) is 8.20. The first kappa shape index (κ1) is 12.2. The van der Waals surface area contributed by atoms with Crippen LogP contribution in [0.3, 0.4) is 0 Å². The van der Waals surface area contributed by atoms with E-state index in [4.69, 9.17) is 15.2 Å². The van der Waals surface area contributed by atoms with Gasteiger partial charge in [0.15, 0.2) is 0 Å². The smallest absolute Gasteiger partial charge is 0.126 e. The zero-order valence-electron chi connectivity index (χ0n) is 10.3. The van der Waals surface area contributed by atoms with Crippen molar-refractivity contribution in [2.45, 2.75) is 12.3 Å². The Bertz CT molecular complexity index is 402. The molecule has 0 saturated heterocycles. The van der Waals surface area contributed by atoms with Crippen LogP contribution in [-0.4, -0.2) is 32.5 Å². The molecule has 4 heteroatoms. The Morgan fingerprint density at radius 3 is 2.65 bits per heavy atom. The molecule has 1 fully saturated rings. The lowest BCUT2D eigenvalue weighted by atomic mass is 9.99. The number of benzene rings is 1. The predicted molar refractivity (Wildman–Crippen MR) is 65.5 cm³/mol. The second-order valence-electron chi connectivity index (χ2n) is 4.59. The maximum atomic E-state index is 9.41. The van der Waals surface area contributed by atoms with Gasteiger partial charge in [-0.1, -0.05) is 6.07 Å². The van der Waals surface area contributed by atoms with Crippen LogP contribution < -0.4 is 15.2 Å². The van der Waals surface area contributed by atoms with Crippen LogP contribution in [0, 0.1) is 5.41 Å². The fourth-order valence-electron chi connectivity index (χ4n) is 2.36. The van der Waals surface area contributed by atoms with Crippen molar-refractivity contribution in [2.75, 3.05) is 27.4 Å². The van der Waals surface area contributed by atoms with E-state index in [1.54, 1.807) is 14.2 Å². The highest BCUT2D eigenvalue weighted by atomic mass is 16.5. The molecule has 0 aromatic heterocycles. The van der Waals surface area contributed by atoms with Gasteiger partial charge in [0, 0.05) is 18.0 Å². The molecule has 1 saturated carbocycles. The molecule has 0 spiro atoms. The van der Waals surface area contributed by atoms with E-state index in [1.165, 1.54) is 0 Å². The number of hydrogen-bond acceptors (Lipinski definition) is 4. The third-order valence-electron chi connectivity index (χ3n) is 3.73. The molecule has 17 heavy (non-hydrogen) atoms. The summed E-state index contributed by atoms with van der Waals surface area (Å²) in [5.41, 5.74) is 6.68. The highest BCUT2D eigenvalue weighted by Crippen LogP contribution is 2.60. The van der Waals surface area contributed by atoms with Crippen LogP contribution >= 0.6 is 0 Å². The lowest BCUT2D eigenvalue weighted by Crippen LogP contribution is -2.21. The highest BCUT2D eigenvalue weighted by molar-refractivity contribution is 5.46. The number of rotatable bonds is 5. The van der Waals surface area contributed by atoms with E-state index in [0.717, 1.165) is 23.5 Å². The van der Waals surface area contributed by atoms with Gasteiger partial charge >= 0.3 is 0 Å². The van der Waals surface area contributed by atoms with Crippen LogP contribution in [-0.2, 0) is 0 Å². The zero-order valence-corrected chi connectivity index (χ0v) is 10.3. The first-order valence-electron chi connectivity index (χ1n) is 5.73. The van der Waals surface area contributed by atoms with Crippen LogP contribution in [0.4, 0.5) is 0 Å². The molecule has 0 aliphatic heterocycles. The third kappa shape index (κ3) is 1.98. The van der Waals surface area contributed by atoms with Crippen LogP contribution in [0.25, 0.3) is 0 Å². The van der Waals surface area contributed by atoms with E-state index in [0.29, 0.717) is 12.5 Å². The highest BCUT2D eigenvalue weighted by Gasteiger charge is 2.54. The van der Waals surface area contributed by atoms with E-state index in [-0.39, 0.29) is 12.0 Å². The molecule has 0 radical (unpaired) electrons. The van der Waals surface area contributed by atoms with Crippen LogP contribution in [0.2, 0.25) is 0 Å². The van der Waals surface area contributed by atoms with E-state index < -0.39 is 0 Å². The Kier molecular flexibility index (Phi) is 3.26. The largest absolute Gasteiger partial charge is 0.497 e. The lowest BCUT2D eigenvalue weighted by Gasteiger charge is -2.14. The normalized spacial score (nSPS) is 26.7. The zero-order chi connectivity index (χ0) is 12.5. The van der Waals surface area contributed by atoms with Gasteiger partial charge in [0.2, 0.25) is 0 Å². The number of nitrogens with two attached hydrogens (primary N) is 1. The number of aliphatic hydroxyl groups is 1. The molecule has 0 heterocycles. The molecule has 4 nitrogen and oxygen atoms in total. The van der Waals surface area contributed by atoms with E-state index in [9.17, 15) is 5.11 Å². The van der Waals surface area contributed by atoms with Crippen molar-refractivity contribution in [3.63, 3.8) is 0 Å². The maximum absolute atomic E-state index is 9.41. The molecule has 0 unspecified atom stereocenters. The maximum Gasteiger partial charge on any atom is 0.126 e. The van der Waals surface area contributed by atoms with Gasteiger partial charge in [-0.25, -0.2) is 0 Å². The minimum absolute atomic E-state index is 0.128. The molecule has 1 aliphatic rings. The Morgan fingerprint density at radius 2 is 2.18 bits per heavy atom. The van der Waals surface area contributed by atoms with Crippen molar-refractivity contribution < 1.29 is 14.6 Å². The summed E-state index contributed by atoms with van der Waals surface area (Å²) in [5.74, 6) is 1.87. The summed E-state index contributed by atoms with van der Waals surface area (Å²) >= 11 is 0. The summed E-state index contributed by atoms with van der Waals surface area (Å²) in [6.07, 6.45) is 0.919. The Hall–Kier alpha value is -1.26. The van der Waals surface area contributed by atoms with Gasteiger partial charge in [-0.2, -0.15) is 0 Å². The molecule has 2 atom stereocenters. The van der Waals surface area contributed by atoms with Gasteiger partial charge < -0.3 is 20.3 Å². The Labute approximate surface area is 101 Å². The second kappa shape index (κ2) is 4.55. The molecule has 0 bridgehead atoms. The molecule has 1 aromatic rings. The monoisotopic (exact) mass is 237 g/mol. The number of hydrogen-bond donors (Lipinski definition) is 2. The molecule has 2 rings (SSSR count). The summed E-state index contributed by atoms with van der Waals surface area (Å²) in [7, 11) is 3.27. The molecule has 1 aromatic carbocycles. The van der Waals surface area contributed by atoms with Gasteiger partial charge in [0.1, 0.15) is 11.5 Å². The minimum atomic E-state index is -0.151.